The standard InChI is InChI=1S/C32H30O4.2ClH/c33-31(34)27(21-25-15-7-9-17-29(25)23-11-3-1-4-12-23)19-20-28(32(35)36)22-26-16-8-10-18-30(26)24-13-5-2-6-14-24;;/h1-18,27-28H,19-22H2,(H,33,34)(H,35,36);2*1H. The van der Waals surface area contributed by atoms with Gasteiger partial charge in [0.05, 0.1) is 11.8 Å². The minimum absolute atomic E-state index is 0. The number of hydrogen-bond donors (Lipinski definition) is 2. The summed E-state index contributed by atoms with van der Waals surface area (Å²) in [6.45, 7) is 0. The van der Waals surface area contributed by atoms with E-state index in [1.807, 2.05) is 109 Å². The van der Waals surface area contributed by atoms with E-state index >= 15 is 0 Å². The monoisotopic (exact) mass is 550 g/mol. The van der Waals surface area contributed by atoms with Gasteiger partial charge >= 0.3 is 11.9 Å². The molecule has 0 bridgehead atoms. The molecule has 2 atom stereocenters. The minimum Gasteiger partial charge on any atom is -0.481 e. The molecule has 4 aromatic carbocycles. The van der Waals surface area contributed by atoms with Crippen molar-refractivity contribution >= 4 is 36.8 Å². The lowest BCUT2D eigenvalue weighted by Crippen LogP contribution is -2.22. The predicted octanol–water partition coefficient (Wildman–Crippen LogP) is 7.83. The van der Waals surface area contributed by atoms with E-state index in [9.17, 15) is 19.8 Å². The van der Waals surface area contributed by atoms with Gasteiger partial charge in [-0.1, -0.05) is 109 Å². The van der Waals surface area contributed by atoms with E-state index in [2.05, 4.69) is 0 Å². The Morgan fingerprint density at radius 1 is 0.500 bits per heavy atom. The summed E-state index contributed by atoms with van der Waals surface area (Å²) in [6, 6.07) is 35.5. The van der Waals surface area contributed by atoms with Crippen molar-refractivity contribution in [1.82, 2.24) is 0 Å². The van der Waals surface area contributed by atoms with Gasteiger partial charge in [-0.05, 0) is 59.1 Å². The van der Waals surface area contributed by atoms with Crippen molar-refractivity contribution in [2.75, 3.05) is 0 Å². The summed E-state index contributed by atoms with van der Waals surface area (Å²) in [6.07, 6.45) is 1.30. The first-order chi connectivity index (χ1) is 17.5. The van der Waals surface area contributed by atoms with Gasteiger partial charge < -0.3 is 10.2 Å². The first-order valence-corrected chi connectivity index (χ1v) is 12.2. The van der Waals surface area contributed by atoms with E-state index < -0.39 is 23.8 Å². The van der Waals surface area contributed by atoms with Crippen molar-refractivity contribution in [3.63, 3.8) is 0 Å². The Labute approximate surface area is 236 Å². The van der Waals surface area contributed by atoms with Gasteiger partial charge in [0.1, 0.15) is 0 Å². The molecule has 2 N–H and O–H groups in total. The second-order valence-electron chi connectivity index (χ2n) is 9.10. The largest absolute Gasteiger partial charge is 0.481 e. The highest BCUT2D eigenvalue weighted by Gasteiger charge is 2.25. The van der Waals surface area contributed by atoms with E-state index in [1.165, 1.54) is 0 Å². The Morgan fingerprint density at radius 3 is 1.16 bits per heavy atom. The number of rotatable bonds is 11. The van der Waals surface area contributed by atoms with Crippen LogP contribution in [0.5, 0.6) is 0 Å². The summed E-state index contributed by atoms with van der Waals surface area (Å²) < 4.78 is 0. The molecule has 4 nitrogen and oxygen atoms in total. The molecule has 0 saturated carbocycles. The number of carbonyl (C=O) groups is 2. The lowest BCUT2D eigenvalue weighted by atomic mass is 9.85. The average Bonchev–Trinajstić information content (AvgIpc) is 2.91. The molecule has 198 valence electrons. The third-order valence-electron chi connectivity index (χ3n) is 6.70. The lowest BCUT2D eigenvalue weighted by molar-refractivity contribution is -0.145. The van der Waals surface area contributed by atoms with E-state index in [1.54, 1.807) is 0 Å². The Bertz CT molecular complexity index is 1210. The second-order valence-corrected chi connectivity index (χ2v) is 9.10. The summed E-state index contributed by atoms with van der Waals surface area (Å²) in [5.41, 5.74) is 6.01. The van der Waals surface area contributed by atoms with Crippen LogP contribution in [-0.4, -0.2) is 22.2 Å². The van der Waals surface area contributed by atoms with Crippen LogP contribution in [0.25, 0.3) is 22.3 Å². The first-order valence-electron chi connectivity index (χ1n) is 12.2. The normalized spacial score (nSPS) is 11.9. The fourth-order valence-electron chi connectivity index (χ4n) is 4.75. The molecule has 0 aliphatic heterocycles. The third-order valence-corrected chi connectivity index (χ3v) is 6.70. The fourth-order valence-corrected chi connectivity index (χ4v) is 4.75. The Kier molecular flexibility index (Phi) is 12.1. The number of hydrogen-bond acceptors (Lipinski definition) is 2. The van der Waals surface area contributed by atoms with Crippen molar-refractivity contribution in [3.05, 3.63) is 120 Å². The van der Waals surface area contributed by atoms with Crippen LogP contribution in [0, 0.1) is 11.8 Å². The van der Waals surface area contributed by atoms with Gasteiger partial charge in [0.15, 0.2) is 0 Å². The minimum atomic E-state index is -0.897. The number of carboxylic acid groups (broad SMARTS) is 2. The van der Waals surface area contributed by atoms with Gasteiger partial charge in [-0.3, -0.25) is 9.59 Å². The number of benzene rings is 4. The highest BCUT2D eigenvalue weighted by Crippen LogP contribution is 2.30. The van der Waals surface area contributed by atoms with Crippen LogP contribution in [0.1, 0.15) is 24.0 Å². The summed E-state index contributed by atoms with van der Waals surface area (Å²) in [4.78, 5) is 24.4. The molecule has 0 aromatic heterocycles. The highest BCUT2D eigenvalue weighted by atomic mass is 35.5. The zero-order chi connectivity index (χ0) is 25.3. The predicted molar refractivity (Wildman–Crippen MR) is 157 cm³/mol. The smallest absolute Gasteiger partial charge is 0.306 e. The molecule has 0 fully saturated rings. The van der Waals surface area contributed by atoms with Crippen molar-refractivity contribution in [2.45, 2.75) is 25.7 Å². The molecule has 0 heterocycles. The molecule has 4 rings (SSSR count). The zero-order valence-corrected chi connectivity index (χ0v) is 22.5. The van der Waals surface area contributed by atoms with Gasteiger partial charge in [-0.25, -0.2) is 0 Å². The van der Waals surface area contributed by atoms with E-state index in [4.69, 9.17) is 0 Å². The average molecular weight is 552 g/mol. The maximum absolute atomic E-state index is 12.2. The third kappa shape index (κ3) is 7.95. The van der Waals surface area contributed by atoms with Crippen LogP contribution < -0.4 is 0 Å². The molecule has 6 heteroatoms. The lowest BCUT2D eigenvalue weighted by Gasteiger charge is -2.19. The second kappa shape index (κ2) is 15.0. The fraction of sp³-hybridized carbons (Fsp3) is 0.188. The molecular formula is C32H32Cl2O4. The first kappa shape index (κ1) is 30.6. The Balaban J connectivity index is 0.00000253. The zero-order valence-electron chi connectivity index (χ0n) is 20.9. The van der Waals surface area contributed by atoms with Crippen molar-refractivity contribution in [1.29, 1.82) is 0 Å². The molecule has 38 heavy (non-hydrogen) atoms. The SMILES string of the molecule is Cl.Cl.O=C(O)C(CCC(Cc1ccccc1-c1ccccc1)C(=O)O)Cc1ccccc1-c1ccccc1. The summed E-state index contributed by atoms with van der Waals surface area (Å²) in [7, 11) is 0. The quantitative estimate of drug-likeness (QED) is 0.199. The van der Waals surface area contributed by atoms with Gasteiger partial charge in [0.2, 0.25) is 0 Å². The van der Waals surface area contributed by atoms with Crippen LogP contribution in [0.15, 0.2) is 109 Å². The molecular weight excluding hydrogens is 519 g/mol. The Hall–Kier alpha value is -3.60. The number of halogens is 2. The van der Waals surface area contributed by atoms with Gasteiger partial charge in [-0.15, -0.1) is 24.8 Å². The van der Waals surface area contributed by atoms with Crippen LogP contribution in [0.3, 0.4) is 0 Å². The molecule has 0 aliphatic carbocycles. The van der Waals surface area contributed by atoms with Gasteiger partial charge in [0.25, 0.3) is 0 Å². The molecule has 2 unspecified atom stereocenters. The van der Waals surface area contributed by atoms with Crippen molar-refractivity contribution in [2.24, 2.45) is 11.8 Å². The van der Waals surface area contributed by atoms with E-state index in [0.717, 1.165) is 33.4 Å². The molecule has 0 radical (unpaired) electrons. The Morgan fingerprint density at radius 2 is 0.816 bits per heavy atom. The van der Waals surface area contributed by atoms with Crippen LogP contribution in [0.4, 0.5) is 0 Å². The topological polar surface area (TPSA) is 74.6 Å². The molecule has 4 aromatic rings. The summed E-state index contributed by atoms with van der Waals surface area (Å²) in [5.74, 6) is -3.12. The summed E-state index contributed by atoms with van der Waals surface area (Å²) in [5, 5.41) is 20.0. The molecule has 0 saturated heterocycles. The number of aliphatic carboxylic acids is 2. The van der Waals surface area contributed by atoms with E-state index in [-0.39, 0.29) is 24.8 Å². The van der Waals surface area contributed by atoms with Crippen molar-refractivity contribution in [3.8, 4) is 22.3 Å². The van der Waals surface area contributed by atoms with Gasteiger partial charge in [0, 0.05) is 0 Å². The summed E-state index contributed by atoms with van der Waals surface area (Å²) >= 11 is 0. The van der Waals surface area contributed by atoms with Crippen molar-refractivity contribution < 1.29 is 19.8 Å². The van der Waals surface area contributed by atoms with Gasteiger partial charge in [-0.2, -0.15) is 0 Å². The maximum atomic E-state index is 12.2. The maximum Gasteiger partial charge on any atom is 0.306 e. The highest BCUT2D eigenvalue weighted by molar-refractivity contribution is 5.85. The molecule has 0 spiro atoms. The van der Waals surface area contributed by atoms with Crippen LogP contribution in [0.2, 0.25) is 0 Å². The van der Waals surface area contributed by atoms with Crippen LogP contribution in [-0.2, 0) is 22.4 Å². The molecule has 0 amide bonds. The van der Waals surface area contributed by atoms with E-state index in [0.29, 0.717) is 25.7 Å². The number of carboxylic acids is 2. The molecule has 0 aliphatic rings. The van der Waals surface area contributed by atoms with Crippen LogP contribution >= 0.6 is 24.8 Å².